The van der Waals surface area contributed by atoms with Crippen LogP contribution >= 0.6 is 11.3 Å². The van der Waals surface area contributed by atoms with Gasteiger partial charge in [0, 0.05) is 10.9 Å². The van der Waals surface area contributed by atoms with Gasteiger partial charge in [-0.05, 0) is 55.8 Å². The van der Waals surface area contributed by atoms with E-state index in [-0.39, 0.29) is 0 Å². The number of carbonyl (C=O) groups excluding carboxylic acids is 2. The molecule has 0 aliphatic carbocycles. The molecule has 0 saturated carbocycles. The fourth-order valence-electron chi connectivity index (χ4n) is 2.93. The predicted octanol–water partition coefficient (Wildman–Crippen LogP) is 3.86. The molecule has 2 aromatic carbocycles. The molecule has 1 atom stereocenters. The molecule has 148 valence electrons. The number of amides is 2. The summed E-state index contributed by atoms with van der Waals surface area (Å²) < 4.78 is 10.9. The minimum absolute atomic E-state index is 0.383. The number of methoxy groups -OCH3 is 1. The molecule has 4 rings (SSSR count). The minimum atomic E-state index is -1.70. The minimum Gasteiger partial charge on any atom is -0.497 e. The standard InChI is InChI=1S/C21H19N3O4S/c1-12-4-9-17-15(10-12)22-18(25)21(2,28-17)19(26)24-20-23-16(11-29-20)13-5-7-14(27-3)8-6-13/h4-11H,1-3H3,(H,22,25)(H,23,24,26). The van der Waals surface area contributed by atoms with E-state index < -0.39 is 17.4 Å². The number of aromatic nitrogens is 1. The first-order chi connectivity index (χ1) is 13.9. The van der Waals surface area contributed by atoms with Gasteiger partial charge < -0.3 is 14.8 Å². The molecule has 7 nitrogen and oxygen atoms in total. The molecule has 1 aliphatic rings. The Kier molecular flexibility index (Phi) is 4.71. The number of carbonyl (C=O) groups is 2. The van der Waals surface area contributed by atoms with Crippen molar-refractivity contribution in [1.82, 2.24) is 4.98 Å². The summed E-state index contributed by atoms with van der Waals surface area (Å²) in [6.07, 6.45) is 0. The lowest BCUT2D eigenvalue weighted by molar-refractivity contribution is -0.143. The summed E-state index contributed by atoms with van der Waals surface area (Å²) in [4.78, 5) is 29.9. The quantitative estimate of drug-likeness (QED) is 0.639. The van der Waals surface area contributed by atoms with Crippen LogP contribution in [0.15, 0.2) is 47.8 Å². The third kappa shape index (κ3) is 3.54. The molecule has 0 spiro atoms. The zero-order valence-electron chi connectivity index (χ0n) is 16.1. The van der Waals surface area contributed by atoms with E-state index in [0.717, 1.165) is 16.9 Å². The molecule has 8 heteroatoms. The second kappa shape index (κ2) is 7.21. The summed E-state index contributed by atoms with van der Waals surface area (Å²) in [5, 5.41) is 7.66. The smallest absolute Gasteiger partial charge is 0.280 e. The monoisotopic (exact) mass is 409 g/mol. The van der Waals surface area contributed by atoms with E-state index >= 15 is 0 Å². The van der Waals surface area contributed by atoms with Crippen LogP contribution in [0.3, 0.4) is 0 Å². The molecule has 0 saturated heterocycles. The number of benzene rings is 2. The predicted molar refractivity (Wildman–Crippen MR) is 112 cm³/mol. The molecule has 0 bridgehead atoms. The number of anilines is 2. The number of ether oxygens (including phenoxy) is 2. The highest BCUT2D eigenvalue weighted by atomic mass is 32.1. The normalized spacial score (nSPS) is 17.7. The van der Waals surface area contributed by atoms with Crippen molar-refractivity contribution in [2.45, 2.75) is 19.4 Å². The highest BCUT2D eigenvalue weighted by Gasteiger charge is 2.47. The van der Waals surface area contributed by atoms with E-state index in [1.165, 1.54) is 18.3 Å². The topological polar surface area (TPSA) is 89.5 Å². The molecular formula is C21H19N3O4S. The summed E-state index contributed by atoms with van der Waals surface area (Å²) in [6.45, 7) is 3.36. The summed E-state index contributed by atoms with van der Waals surface area (Å²) in [7, 11) is 1.61. The maximum absolute atomic E-state index is 12.9. The lowest BCUT2D eigenvalue weighted by Crippen LogP contribution is -2.56. The van der Waals surface area contributed by atoms with Crippen LogP contribution in [0.25, 0.3) is 11.3 Å². The Bertz CT molecular complexity index is 1090. The van der Waals surface area contributed by atoms with E-state index in [9.17, 15) is 9.59 Å². The average Bonchev–Trinajstić information content (AvgIpc) is 3.17. The largest absolute Gasteiger partial charge is 0.497 e. The van der Waals surface area contributed by atoms with Crippen LogP contribution in [-0.4, -0.2) is 29.5 Å². The molecule has 2 amide bonds. The first-order valence-corrected chi connectivity index (χ1v) is 9.79. The van der Waals surface area contributed by atoms with Crippen molar-refractivity contribution in [3.05, 3.63) is 53.4 Å². The SMILES string of the molecule is COc1ccc(-c2csc(NC(=O)C3(C)Oc4ccc(C)cc4NC3=O)n2)cc1. The molecule has 1 unspecified atom stereocenters. The van der Waals surface area contributed by atoms with E-state index in [1.54, 1.807) is 19.2 Å². The Morgan fingerprint density at radius 2 is 2.00 bits per heavy atom. The average molecular weight is 409 g/mol. The first kappa shape index (κ1) is 18.9. The van der Waals surface area contributed by atoms with Gasteiger partial charge in [-0.2, -0.15) is 0 Å². The summed E-state index contributed by atoms with van der Waals surface area (Å²) in [6, 6.07) is 12.8. The highest BCUT2D eigenvalue weighted by molar-refractivity contribution is 7.14. The van der Waals surface area contributed by atoms with Gasteiger partial charge in [-0.3, -0.25) is 14.9 Å². The molecule has 1 aromatic heterocycles. The lowest BCUT2D eigenvalue weighted by atomic mass is 10.0. The first-order valence-electron chi connectivity index (χ1n) is 8.91. The van der Waals surface area contributed by atoms with Crippen molar-refractivity contribution >= 4 is 34.0 Å². The molecule has 0 radical (unpaired) electrons. The molecule has 29 heavy (non-hydrogen) atoms. The van der Waals surface area contributed by atoms with Crippen molar-refractivity contribution in [2.75, 3.05) is 17.7 Å². The van der Waals surface area contributed by atoms with Gasteiger partial charge in [0.2, 0.25) is 0 Å². The fourth-order valence-corrected chi connectivity index (χ4v) is 3.64. The Morgan fingerprint density at radius 3 is 2.72 bits per heavy atom. The molecule has 2 heterocycles. The molecular weight excluding hydrogens is 390 g/mol. The Hall–Kier alpha value is -3.39. The van der Waals surface area contributed by atoms with Crippen molar-refractivity contribution in [1.29, 1.82) is 0 Å². The van der Waals surface area contributed by atoms with Gasteiger partial charge in [0.25, 0.3) is 17.4 Å². The van der Waals surface area contributed by atoms with E-state index in [2.05, 4.69) is 15.6 Å². The van der Waals surface area contributed by atoms with Crippen molar-refractivity contribution in [2.24, 2.45) is 0 Å². The zero-order valence-corrected chi connectivity index (χ0v) is 16.9. The van der Waals surface area contributed by atoms with Crippen molar-refractivity contribution in [3.8, 4) is 22.8 Å². The van der Waals surface area contributed by atoms with E-state index in [4.69, 9.17) is 9.47 Å². The fraction of sp³-hybridized carbons (Fsp3) is 0.190. The molecule has 0 fully saturated rings. The van der Waals surface area contributed by atoms with Gasteiger partial charge in [0.1, 0.15) is 11.5 Å². The Balaban J connectivity index is 1.52. The van der Waals surface area contributed by atoms with Crippen molar-refractivity contribution < 1.29 is 19.1 Å². The molecule has 3 aromatic rings. The van der Waals surface area contributed by atoms with Crippen LogP contribution in [0.1, 0.15) is 12.5 Å². The number of fused-ring (bicyclic) bond motifs is 1. The van der Waals surface area contributed by atoms with Crippen LogP contribution in [0, 0.1) is 6.92 Å². The van der Waals surface area contributed by atoms with E-state index in [0.29, 0.717) is 22.3 Å². The Morgan fingerprint density at radius 1 is 1.24 bits per heavy atom. The summed E-state index contributed by atoms with van der Waals surface area (Å²) in [5.74, 6) is 0.0872. The summed E-state index contributed by atoms with van der Waals surface area (Å²) in [5.41, 5.74) is 1.44. The number of nitrogens with zero attached hydrogens (tertiary/aromatic N) is 1. The van der Waals surface area contributed by atoms with Crippen LogP contribution in [0.2, 0.25) is 0 Å². The number of thiazole rings is 1. The van der Waals surface area contributed by atoms with Gasteiger partial charge in [-0.15, -0.1) is 11.3 Å². The second-order valence-electron chi connectivity index (χ2n) is 6.81. The Labute approximate surface area is 171 Å². The highest BCUT2D eigenvalue weighted by Crippen LogP contribution is 2.35. The van der Waals surface area contributed by atoms with Crippen LogP contribution < -0.4 is 20.1 Å². The van der Waals surface area contributed by atoms with Gasteiger partial charge in [0.15, 0.2) is 5.13 Å². The zero-order chi connectivity index (χ0) is 20.6. The lowest BCUT2D eigenvalue weighted by Gasteiger charge is -2.33. The second-order valence-corrected chi connectivity index (χ2v) is 7.67. The van der Waals surface area contributed by atoms with Gasteiger partial charge in [-0.1, -0.05) is 6.07 Å². The van der Waals surface area contributed by atoms with Gasteiger partial charge in [0.05, 0.1) is 18.5 Å². The van der Waals surface area contributed by atoms with Crippen LogP contribution in [0.5, 0.6) is 11.5 Å². The van der Waals surface area contributed by atoms with Crippen LogP contribution in [0.4, 0.5) is 10.8 Å². The van der Waals surface area contributed by atoms with Crippen LogP contribution in [-0.2, 0) is 9.59 Å². The number of rotatable bonds is 4. The maximum atomic E-state index is 12.9. The summed E-state index contributed by atoms with van der Waals surface area (Å²) >= 11 is 1.27. The third-order valence-electron chi connectivity index (χ3n) is 4.67. The van der Waals surface area contributed by atoms with E-state index in [1.807, 2.05) is 42.6 Å². The van der Waals surface area contributed by atoms with Gasteiger partial charge >= 0.3 is 0 Å². The number of nitrogens with one attached hydrogen (secondary N) is 2. The number of hydrogen-bond donors (Lipinski definition) is 2. The van der Waals surface area contributed by atoms with Crippen molar-refractivity contribution in [3.63, 3.8) is 0 Å². The number of hydrogen-bond acceptors (Lipinski definition) is 6. The molecule has 1 aliphatic heterocycles. The van der Waals surface area contributed by atoms with Gasteiger partial charge in [-0.25, -0.2) is 4.98 Å². The molecule has 2 N–H and O–H groups in total. The third-order valence-corrected chi connectivity index (χ3v) is 5.43. The maximum Gasteiger partial charge on any atom is 0.280 e. The number of aryl methyl sites for hydroxylation is 1.